The van der Waals surface area contributed by atoms with Crippen molar-refractivity contribution in [3.8, 4) is 0 Å². The third-order valence-corrected chi connectivity index (χ3v) is 7.03. The van der Waals surface area contributed by atoms with Crippen molar-refractivity contribution >= 4 is 27.3 Å². The predicted molar refractivity (Wildman–Crippen MR) is 107 cm³/mol. The summed E-state index contributed by atoms with van der Waals surface area (Å²) in [6, 6.07) is 9.08. The van der Waals surface area contributed by atoms with Crippen LogP contribution in [0.2, 0.25) is 0 Å². The van der Waals surface area contributed by atoms with Crippen LogP contribution in [0.4, 0.5) is 11.4 Å². The largest absolute Gasteiger partial charge is 0.312 e. The number of hydrogen-bond donors (Lipinski definition) is 1. The van der Waals surface area contributed by atoms with Gasteiger partial charge < -0.3 is 4.90 Å². The number of fused-ring (bicyclic) bond motifs is 1. The quantitative estimate of drug-likeness (QED) is 0.874. The van der Waals surface area contributed by atoms with E-state index in [1.165, 1.54) is 0 Å². The van der Waals surface area contributed by atoms with E-state index in [1.54, 1.807) is 25.1 Å². The number of amides is 1. The van der Waals surface area contributed by atoms with Gasteiger partial charge in [-0.05, 0) is 80.5 Å². The van der Waals surface area contributed by atoms with E-state index < -0.39 is 10.0 Å². The lowest BCUT2D eigenvalue weighted by molar-refractivity contribution is -0.119. The highest BCUT2D eigenvalue weighted by Gasteiger charge is 2.36. The number of aryl methyl sites for hydroxylation is 3. The minimum atomic E-state index is -3.70. The van der Waals surface area contributed by atoms with Gasteiger partial charge in [-0.25, -0.2) is 8.42 Å². The molecule has 5 nitrogen and oxygen atoms in total. The third-order valence-electron chi connectivity index (χ3n) is 5.51. The molecule has 1 aliphatic carbocycles. The zero-order valence-corrected chi connectivity index (χ0v) is 16.7. The molecule has 0 atom stereocenters. The Labute approximate surface area is 160 Å². The van der Waals surface area contributed by atoms with Crippen LogP contribution in [-0.2, 0) is 21.2 Å². The van der Waals surface area contributed by atoms with Crippen molar-refractivity contribution < 1.29 is 13.2 Å². The molecular weight excluding hydrogens is 360 g/mol. The van der Waals surface area contributed by atoms with Crippen molar-refractivity contribution in [2.75, 3.05) is 16.2 Å². The fourth-order valence-electron chi connectivity index (χ4n) is 3.66. The molecule has 0 bridgehead atoms. The summed E-state index contributed by atoms with van der Waals surface area (Å²) in [4.78, 5) is 14.6. The molecule has 1 heterocycles. The smallest absolute Gasteiger partial charge is 0.262 e. The van der Waals surface area contributed by atoms with Crippen LogP contribution in [0.1, 0.15) is 35.1 Å². The van der Waals surface area contributed by atoms with Crippen LogP contribution in [0.5, 0.6) is 0 Å². The summed E-state index contributed by atoms with van der Waals surface area (Å²) in [7, 11) is -3.70. The molecule has 1 amide bonds. The van der Waals surface area contributed by atoms with Gasteiger partial charge in [-0.1, -0.05) is 12.1 Å². The monoisotopic (exact) mass is 384 g/mol. The van der Waals surface area contributed by atoms with Gasteiger partial charge in [-0.15, -0.1) is 0 Å². The minimum absolute atomic E-state index is 0.148. The summed E-state index contributed by atoms with van der Waals surface area (Å²) in [5.41, 5.74) is 5.15. The number of rotatable bonds is 4. The van der Waals surface area contributed by atoms with Crippen LogP contribution >= 0.6 is 0 Å². The Morgan fingerprint density at radius 2 is 1.74 bits per heavy atom. The van der Waals surface area contributed by atoms with Gasteiger partial charge in [0.2, 0.25) is 5.91 Å². The number of benzene rings is 2. The van der Waals surface area contributed by atoms with Crippen molar-refractivity contribution in [3.63, 3.8) is 0 Å². The summed E-state index contributed by atoms with van der Waals surface area (Å²) < 4.78 is 28.5. The van der Waals surface area contributed by atoms with Gasteiger partial charge >= 0.3 is 0 Å². The summed E-state index contributed by atoms with van der Waals surface area (Å²) >= 11 is 0. The highest BCUT2D eigenvalue weighted by Crippen LogP contribution is 2.38. The molecule has 0 spiro atoms. The molecule has 2 aliphatic rings. The zero-order valence-electron chi connectivity index (χ0n) is 15.9. The van der Waals surface area contributed by atoms with Gasteiger partial charge in [-0.3, -0.25) is 9.52 Å². The van der Waals surface area contributed by atoms with Crippen LogP contribution in [0.25, 0.3) is 0 Å². The van der Waals surface area contributed by atoms with Gasteiger partial charge in [0.15, 0.2) is 0 Å². The van der Waals surface area contributed by atoms with Crippen molar-refractivity contribution in [2.24, 2.45) is 5.92 Å². The Balaban J connectivity index is 1.64. The lowest BCUT2D eigenvalue weighted by Gasteiger charge is -2.18. The minimum Gasteiger partial charge on any atom is -0.312 e. The van der Waals surface area contributed by atoms with E-state index in [1.807, 2.05) is 30.9 Å². The molecule has 1 aliphatic heterocycles. The van der Waals surface area contributed by atoms with E-state index in [2.05, 4.69) is 4.72 Å². The van der Waals surface area contributed by atoms with Crippen molar-refractivity contribution in [1.29, 1.82) is 0 Å². The third kappa shape index (κ3) is 3.34. The summed E-state index contributed by atoms with van der Waals surface area (Å²) in [5.74, 6) is 0.313. The van der Waals surface area contributed by atoms with E-state index >= 15 is 0 Å². The first kappa shape index (κ1) is 18.0. The molecule has 1 saturated carbocycles. The summed E-state index contributed by atoms with van der Waals surface area (Å²) in [6.07, 6.45) is 2.74. The maximum atomic E-state index is 12.9. The van der Waals surface area contributed by atoms with Gasteiger partial charge in [-0.2, -0.15) is 0 Å². The van der Waals surface area contributed by atoms with E-state index in [0.717, 1.165) is 47.2 Å². The SMILES string of the molecule is Cc1cc(C)c(S(=O)(=O)Nc2ccc3c(c2)N(C(=O)C2CC2)CC3)cc1C. The molecule has 0 saturated heterocycles. The standard InChI is InChI=1S/C21H24N2O3S/c1-13-10-15(3)20(11-14(13)2)27(25,26)22-18-7-6-16-8-9-23(19(16)12-18)21(24)17-4-5-17/h6-7,10-12,17,22H,4-5,8-9H2,1-3H3. The fourth-order valence-corrected chi connectivity index (χ4v) is 5.02. The molecule has 4 rings (SSSR count). The van der Waals surface area contributed by atoms with Gasteiger partial charge in [0.1, 0.15) is 0 Å². The Morgan fingerprint density at radius 1 is 1.04 bits per heavy atom. The van der Waals surface area contributed by atoms with Crippen LogP contribution in [0, 0.1) is 26.7 Å². The van der Waals surface area contributed by atoms with Crippen molar-refractivity contribution in [3.05, 3.63) is 52.6 Å². The molecule has 2 aromatic rings. The molecule has 142 valence electrons. The molecule has 6 heteroatoms. The molecule has 1 fully saturated rings. The second-order valence-corrected chi connectivity index (χ2v) is 9.32. The van der Waals surface area contributed by atoms with E-state index in [9.17, 15) is 13.2 Å². The number of carbonyl (C=O) groups is 1. The predicted octanol–water partition coefficient (Wildman–Crippen LogP) is 3.71. The highest BCUT2D eigenvalue weighted by atomic mass is 32.2. The summed E-state index contributed by atoms with van der Waals surface area (Å²) in [6.45, 7) is 6.36. The van der Waals surface area contributed by atoms with Crippen LogP contribution in [-0.4, -0.2) is 20.9 Å². The summed E-state index contributed by atoms with van der Waals surface area (Å²) in [5, 5.41) is 0. The molecule has 2 aromatic carbocycles. The lowest BCUT2D eigenvalue weighted by Crippen LogP contribution is -2.30. The number of sulfonamides is 1. The number of nitrogens with zero attached hydrogens (tertiary/aromatic N) is 1. The number of carbonyl (C=O) groups excluding carboxylic acids is 1. The Morgan fingerprint density at radius 3 is 2.44 bits per heavy atom. The van der Waals surface area contributed by atoms with Crippen molar-refractivity contribution in [2.45, 2.75) is 44.9 Å². The topological polar surface area (TPSA) is 66.5 Å². The van der Waals surface area contributed by atoms with Crippen molar-refractivity contribution in [1.82, 2.24) is 0 Å². The van der Waals surface area contributed by atoms with Crippen LogP contribution in [0.3, 0.4) is 0 Å². The van der Waals surface area contributed by atoms with E-state index in [4.69, 9.17) is 0 Å². The second kappa shape index (κ2) is 6.37. The molecule has 0 unspecified atom stereocenters. The Hall–Kier alpha value is -2.34. The normalized spacial score (nSPS) is 16.3. The Bertz CT molecular complexity index is 1040. The van der Waals surface area contributed by atoms with E-state index in [0.29, 0.717) is 12.2 Å². The molecule has 1 N–H and O–H groups in total. The van der Waals surface area contributed by atoms with Crippen LogP contribution in [0.15, 0.2) is 35.2 Å². The first-order valence-electron chi connectivity index (χ1n) is 9.31. The highest BCUT2D eigenvalue weighted by molar-refractivity contribution is 7.92. The van der Waals surface area contributed by atoms with Gasteiger partial charge in [0.05, 0.1) is 10.6 Å². The average Bonchev–Trinajstić information content (AvgIpc) is 3.37. The second-order valence-electron chi connectivity index (χ2n) is 7.67. The average molecular weight is 385 g/mol. The molecular formula is C21H24N2O3S. The fraction of sp³-hybridized carbons (Fsp3) is 0.381. The molecule has 0 radical (unpaired) electrons. The lowest BCUT2D eigenvalue weighted by atomic mass is 10.1. The number of nitrogens with one attached hydrogen (secondary N) is 1. The maximum Gasteiger partial charge on any atom is 0.262 e. The first-order chi connectivity index (χ1) is 12.8. The zero-order chi connectivity index (χ0) is 19.3. The Kier molecular flexibility index (Phi) is 4.26. The van der Waals surface area contributed by atoms with Gasteiger partial charge in [0, 0.05) is 18.2 Å². The maximum absolute atomic E-state index is 12.9. The van der Waals surface area contributed by atoms with Gasteiger partial charge in [0.25, 0.3) is 10.0 Å². The number of anilines is 2. The van der Waals surface area contributed by atoms with E-state index in [-0.39, 0.29) is 16.7 Å². The molecule has 0 aromatic heterocycles. The van der Waals surface area contributed by atoms with Crippen LogP contribution < -0.4 is 9.62 Å². The number of hydrogen-bond acceptors (Lipinski definition) is 3. The molecule has 27 heavy (non-hydrogen) atoms. The first-order valence-corrected chi connectivity index (χ1v) is 10.8.